The predicted octanol–water partition coefficient (Wildman–Crippen LogP) is 2.90. The molecule has 78 valence electrons. The van der Waals surface area contributed by atoms with Crippen LogP contribution in [0, 0.1) is 0 Å². The summed E-state index contributed by atoms with van der Waals surface area (Å²) in [4.78, 5) is 11.0. The Hall–Kier alpha value is -1.49. The molecule has 1 aromatic carbocycles. The first-order chi connectivity index (χ1) is 7.15. The van der Waals surface area contributed by atoms with Gasteiger partial charge in [-0.15, -0.1) is 0 Å². The summed E-state index contributed by atoms with van der Waals surface area (Å²) in [6, 6.07) is 3.19. The van der Waals surface area contributed by atoms with Crippen molar-refractivity contribution in [1.29, 1.82) is 0 Å². The van der Waals surface area contributed by atoms with Crippen LogP contribution < -0.4 is 4.74 Å². The van der Waals surface area contributed by atoms with Gasteiger partial charge in [-0.25, -0.2) is 4.79 Å². The number of methoxy groups -OCH3 is 1. The number of hydrogen-bond acceptors (Lipinski definition) is 3. The number of carboxylic acids is 1. The lowest BCUT2D eigenvalue weighted by atomic mass is 10.1. The number of benzene rings is 1. The molecule has 1 N–H and O–H groups in total. The first kappa shape index (κ1) is 10.0. The van der Waals surface area contributed by atoms with Crippen molar-refractivity contribution in [2.75, 3.05) is 7.11 Å². The summed E-state index contributed by atoms with van der Waals surface area (Å²) in [5, 5.41) is 9.76. The number of carbonyl (C=O) groups is 1. The first-order valence-corrected chi connectivity index (χ1v) is 4.91. The topological polar surface area (TPSA) is 59.7 Å². The van der Waals surface area contributed by atoms with E-state index in [2.05, 4.69) is 15.9 Å². The zero-order valence-corrected chi connectivity index (χ0v) is 9.37. The van der Waals surface area contributed by atoms with Gasteiger partial charge in [0.15, 0.2) is 0 Å². The van der Waals surface area contributed by atoms with E-state index < -0.39 is 5.97 Å². The van der Waals surface area contributed by atoms with Gasteiger partial charge in [-0.2, -0.15) is 0 Å². The standard InChI is InChI=1S/C10H7BrO4/c1-14-9-6(10(12)13)4-7-5(8(9)11)2-3-15-7/h2-4H,1H3,(H,12,13). The third-order valence-corrected chi connectivity index (χ3v) is 2.87. The molecule has 1 aromatic heterocycles. The van der Waals surface area contributed by atoms with E-state index in [0.29, 0.717) is 15.8 Å². The Labute approximate surface area is 93.6 Å². The molecule has 0 radical (unpaired) electrons. The zero-order chi connectivity index (χ0) is 11.0. The molecule has 5 heteroatoms. The fourth-order valence-electron chi connectivity index (χ4n) is 1.41. The van der Waals surface area contributed by atoms with Crippen LogP contribution in [0.1, 0.15) is 10.4 Å². The van der Waals surface area contributed by atoms with Gasteiger partial charge >= 0.3 is 5.97 Å². The zero-order valence-electron chi connectivity index (χ0n) is 7.78. The highest BCUT2D eigenvalue weighted by atomic mass is 79.9. The van der Waals surface area contributed by atoms with Gasteiger partial charge in [0.1, 0.15) is 16.9 Å². The highest BCUT2D eigenvalue weighted by Gasteiger charge is 2.18. The van der Waals surface area contributed by atoms with Crippen molar-refractivity contribution in [2.45, 2.75) is 0 Å². The molecule has 0 aliphatic carbocycles. The maximum atomic E-state index is 11.0. The smallest absolute Gasteiger partial charge is 0.339 e. The van der Waals surface area contributed by atoms with Gasteiger partial charge in [0, 0.05) is 5.39 Å². The van der Waals surface area contributed by atoms with Crippen molar-refractivity contribution in [3.63, 3.8) is 0 Å². The van der Waals surface area contributed by atoms with Crippen molar-refractivity contribution < 1.29 is 19.1 Å². The number of hydrogen-bond donors (Lipinski definition) is 1. The summed E-state index contributed by atoms with van der Waals surface area (Å²) in [5.74, 6) is -0.748. The number of carboxylic acid groups (broad SMARTS) is 1. The van der Waals surface area contributed by atoms with E-state index in [1.54, 1.807) is 6.07 Å². The van der Waals surface area contributed by atoms with Crippen LogP contribution in [0.2, 0.25) is 0 Å². The quantitative estimate of drug-likeness (QED) is 0.912. The normalized spacial score (nSPS) is 10.5. The van der Waals surface area contributed by atoms with Gasteiger partial charge in [0.05, 0.1) is 17.8 Å². The summed E-state index contributed by atoms with van der Waals surface area (Å²) in [6.45, 7) is 0. The molecular weight excluding hydrogens is 264 g/mol. The second-order valence-electron chi connectivity index (χ2n) is 2.91. The Kier molecular flexibility index (Phi) is 2.40. The van der Waals surface area contributed by atoms with Gasteiger partial charge in [-0.3, -0.25) is 0 Å². The third kappa shape index (κ3) is 1.48. The molecule has 0 atom stereocenters. The molecule has 0 fully saturated rings. The minimum atomic E-state index is -1.05. The van der Waals surface area contributed by atoms with Crippen LogP contribution in [0.3, 0.4) is 0 Å². The van der Waals surface area contributed by atoms with Crippen molar-refractivity contribution in [2.24, 2.45) is 0 Å². The van der Waals surface area contributed by atoms with E-state index in [4.69, 9.17) is 14.3 Å². The van der Waals surface area contributed by atoms with E-state index in [0.717, 1.165) is 5.39 Å². The third-order valence-electron chi connectivity index (χ3n) is 2.09. The van der Waals surface area contributed by atoms with Crippen molar-refractivity contribution in [1.82, 2.24) is 0 Å². The van der Waals surface area contributed by atoms with Gasteiger partial charge < -0.3 is 14.3 Å². The molecule has 0 saturated carbocycles. The molecule has 0 aliphatic heterocycles. The second-order valence-corrected chi connectivity index (χ2v) is 3.70. The lowest BCUT2D eigenvalue weighted by Crippen LogP contribution is -2.01. The van der Waals surface area contributed by atoms with Gasteiger partial charge in [0.2, 0.25) is 0 Å². The Bertz CT molecular complexity index is 529. The van der Waals surface area contributed by atoms with E-state index in [1.807, 2.05) is 0 Å². The largest absolute Gasteiger partial charge is 0.495 e. The molecule has 0 spiro atoms. The van der Waals surface area contributed by atoms with Gasteiger partial charge in [-0.05, 0) is 28.1 Å². The maximum Gasteiger partial charge on any atom is 0.339 e. The average molecular weight is 271 g/mol. The van der Waals surface area contributed by atoms with E-state index in [-0.39, 0.29) is 5.56 Å². The number of aromatic carboxylic acids is 1. The van der Waals surface area contributed by atoms with E-state index in [9.17, 15) is 4.79 Å². The molecule has 1 heterocycles. The second kappa shape index (κ2) is 3.58. The van der Waals surface area contributed by atoms with Crippen LogP contribution in [0.4, 0.5) is 0 Å². The molecular formula is C10H7BrO4. The number of furan rings is 1. The molecule has 2 rings (SSSR count). The fraction of sp³-hybridized carbons (Fsp3) is 0.100. The molecule has 4 nitrogen and oxygen atoms in total. The SMILES string of the molecule is COc1c(C(=O)O)cc2occc2c1Br. The maximum absolute atomic E-state index is 11.0. The molecule has 0 amide bonds. The Morgan fingerprint density at radius 2 is 2.33 bits per heavy atom. The highest BCUT2D eigenvalue weighted by molar-refractivity contribution is 9.10. The number of rotatable bonds is 2. The van der Waals surface area contributed by atoms with Crippen LogP contribution in [0.25, 0.3) is 11.0 Å². The number of fused-ring (bicyclic) bond motifs is 1. The minimum absolute atomic E-state index is 0.0758. The molecule has 0 unspecified atom stereocenters. The van der Waals surface area contributed by atoms with Gasteiger partial charge in [-0.1, -0.05) is 0 Å². The molecule has 0 aliphatic rings. The van der Waals surface area contributed by atoms with Crippen molar-refractivity contribution in [3.05, 3.63) is 28.4 Å². The highest BCUT2D eigenvalue weighted by Crippen LogP contribution is 2.36. The van der Waals surface area contributed by atoms with Crippen molar-refractivity contribution in [3.8, 4) is 5.75 Å². The average Bonchev–Trinajstić information content (AvgIpc) is 2.65. The van der Waals surface area contributed by atoms with E-state index >= 15 is 0 Å². The summed E-state index contributed by atoms with van der Waals surface area (Å²) >= 11 is 3.29. The lowest BCUT2D eigenvalue weighted by Gasteiger charge is -2.07. The van der Waals surface area contributed by atoms with Crippen LogP contribution >= 0.6 is 15.9 Å². The summed E-state index contributed by atoms with van der Waals surface area (Å²) < 4.78 is 10.8. The predicted molar refractivity (Wildman–Crippen MR) is 57.4 cm³/mol. The minimum Gasteiger partial charge on any atom is -0.495 e. The number of ether oxygens (including phenoxy) is 1. The molecule has 2 aromatic rings. The monoisotopic (exact) mass is 270 g/mol. The molecule has 0 saturated heterocycles. The summed E-state index contributed by atoms with van der Waals surface area (Å²) in [6.07, 6.45) is 1.50. The van der Waals surface area contributed by atoms with Crippen LogP contribution in [0.15, 0.2) is 27.3 Å². The van der Waals surface area contributed by atoms with Crippen molar-refractivity contribution >= 4 is 32.9 Å². The Morgan fingerprint density at radius 3 is 2.93 bits per heavy atom. The summed E-state index contributed by atoms with van der Waals surface area (Å²) in [5.41, 5.74) is 0.590. The Balaban J connectivity index is 2.84. The molecule has 15 heavy (non-hydrogen) atoms. The fourth-order valence-corrected chi connectivity index (χ4v) is 2.11. The van der Waals surface area contributed by atoms with Crippen LogP contribution in [-0.2, 0) is 0 Å². The van der Waals surface area contributed by atoms with E-state index in [1.165, 1.54) is 19.4 Å². The van der Waals surface area contributed by atoms with Gasteiger partial charge in [0.25, 0.3) is 0 Å². The first-order valence-electron chi connectivity index (χ1n) is 4.12. The van der Waals surface area contributed by atoms with Crippen LogP contribution in [-0.4, -0.2) is 18.2 Å². The number of halogens is 1. The summed E-state index contributed by atoms with van der Waals surface area (Å²) in [7, 11) is 1.43. The molecule has 0 bridgehead atoms. The van der Waals surface area contributed by atoms with Crippen LogP contribution in [0.5, 0.6) is 5.75 Å². The lowest BCUT2D eigenvalue weighted by molar-refractivity contribution is 0.0693. The Morgan fingerprint density at radius 1 is 1.60 bits per heavy atom.